The van der Waals surface area contributed by atoms with E-state index in [1.54, 1.807) is 12.1 Å². The smallest absolute Gasteiger partial charge is 0.337 e. The van der Waals surface area contributed by atoms with Crippen LogP contribution in [0.5, 0.6) is 0 Å². The summed E-state index contributed by atoms with van der Waals surface area (Å²) >= 11 is 0. The van der Waals surface area contributed by atoms with Gasteiger partial charge in [-0.05, 0) is 30.3 Å². The highest BCUT2D eigenvalue weighted by Crippen LogP contribution is 2.28. The van der Waals surface area contributed by atoms with E-state index in [0.29, 0.717) is 0 Å². The predicted octanol–water partition coefficient (Wildman–Crippen LogP) is 2.78. The van der Waals surface area contributed by atoms with E-state index >= 15 is 0 Å². The summed E-state index contributed by atoms with van der Waals surface area (Å²) in [5, 5.41) is 12.2. The summed E-state index contributed by atoms with van der Waals surface area (Å²) < 4.78 is 0. The van der Waals surface area contributed by atoms with Crippen LogP contribution < -0.4 is 16.0 Å². The Hall–Kier alpha value is -2.69. The normalized spacial score (nSPS) is 10.1. The minimum Gasteiger partial charge on any atom is -0.478 e. The largest absolute Gasteiger partial charge is 0.478 e. The number of nitrogens with zero attached hydrogens (tertiary/aromatic N) is 1. The monoisotopic (exact) mass is 271 g/mol. The number of carboxylic acid groups (broad SMARTS) is 1. The van der Waals surface area contributed by atoms with Crippen molar-refractivity contribution < 1.29 is 9.90 Å². The number of benzene rings is 2. The Morgan fingerprint density at radius 1 is 1.20 bits per heavy atom. The van der Waals surface area contributed by atoms with Gasteiger partial charge in [0.15, 0.2) is 0 Å². The number of carbonyl (C=O) groups is 1. The van der Waals surface area contributed by atoms with Gasteiger partial charge in [0.05, 0.1) is 16.9 Å². The van der Waals surface area contributed by atoms with E-state index in [2.05, 4.69) is 5.32 Å². The SMILES string of the molecule is CN(C)c1ccccc1Nc1ccc(C(=O)O)c(N)c1. The Labute approximate surface area is 117 Å². The first kappa shape index (κ1) is 13.7. The lowest BCUT2D eigenvalue weighted by Gasteiger charge is -2.18. The number of nitrogens with one attached hydrogen (secondary N) is 1. The summed E-state index contributed by atoms with van der Waals surface area (Å²) in [6.07, 6.45) is 0. The average molecular weight is 271 g/mol. The topological polar surface area (TPSA) is 78.6 Å². The average Bonchev–Trinajstić information content (AvgIpc) is 2.38. The van der Waals surface area contributed by atoms with Gasteiger partial charge in [-0.3, -0.25) is 0 Å². The van der Waals surface area contributed by atoms with E-state index in [4.69, 9.17) is 10.8 Å². The van der Waals surface area contributed by atoms with Gasteiger partial charge >= 0.3 is 5.97 Å². The molecule has 2 aromatic carbocycles. The highest BCUT2D eigenvalue weighted by atomic mass is 16.4. The number of nitrogen functional groups attached to an aromatic ring is 1. The Morgan fingerprint density at radius 3 is 2.50 bits per heavy atom. The van der Waals surface area contributed by atoms with E-state index < -0.39 is 5.97 Å². The molecule has 0 unspecified atom stereocenters. The van der Waals surface area contributed by atoms with Gasteiger partial charge in [-0.15, -0.1) is 0 Å². The molecule has 0 fully saturated rings. The lowest BCUT2D eigenvalue weighted by atomic mass is 10.1. The molecule has 20 heavy (non-hydrogen) atoms. The first-order valence-electron chi connectivity index (χ1n) is 6.15. The van der Waals surface area contributed by atoms with Crippen LogP contribution in [0.2, 0.25) is 0 Å². The molecule has 0 aliphatic rings. The van der Waals surface area contributed by atoms with Crippen LogP contribution in [0.25, 0.3) is 0 Å². The Morgan fingerprint density at radius 2 is 1.90 bits per heavy atom. The van der Waals surface area contributed by atoms with Crippen molar-refractivity contribution in [3.8, 4) is 0 Å². The molecule has 0 amide bonds. The van der Waals surface area contributed by atoms with Crippen LogP contribution in [0, 0.1) is 0 Å². The maximum Gasteiger partial charge on any atom is 0.337 e. The summed E-state index contributed by atoms with van der Waals surface area (Å²) in [5.74, 6) is -1.03. The van der Waals surface area contributed by atoms with Crippen molar-refractivity contribution in [2.45, 2.75) is 0 Å². The number of hydrogen-bond donors (Lipinski definition) is 3. The molecule has 0 radical (unpaired) electrons. The van der Waals surface area contributed by atoms with Crippen molar-refractivity contribution in [3.63, 3.8) is 0 Å². The van der Waals surface area contributed by atoms with E-state index in [0.717, 1.165) is 17.1 Å². The van der Waals surface area contributed by atoms with Gasteiger partial charge in [-0.2, -0.15) is 0 Å². The first-order chi connectivity index (χ1) is 9.49. The van der Waals surface area contributed by atoms with Gasteiger partial charge < -0.3 is 21.1 Å². The minimum atomic E-state index is -1.03. The molecule has 0 bridgehead atoms. The number of hydrogen-bond acceptors (Lipinski definition) is 4. The third-order valence-corrected chi connectivity index (χ3v) is 2.95. The van der Waals surface area contributed by atoms with Crippen LogP contribution in [0.1, 0.15) is 10.4 Å². The molecule has 0 spiro atoms. The van der Waals surface area contributed by atoms with Gasteiger partial charge in [0, 0.05) is 25.5 Å². The Bertz CT molecular complexity index is 639. The van der Waals surface area contributed by atoms with E-state index in [1.807, 2.05) is 43.3 Å². The minimum absolute atomic E-state index is 0.108. The van der Waals surface area contributed by atoms with Gasteiger partial charge in [0.2, 0.25) is 0 Å². The Balaban J connectivity index is 2.31. The molecule has 104 valence electrons. The lowest BCUT2D eigenvalue weighted by Crippen LogP contribution is -2.11. The number of anilines is 4. The zero-order valence-electron chi connectivity index (χ0n) is 11.4. The van der Waals surface area contributed by atoms with Crippen LogP contribution in [0.15, 0.2) is 42.5 Å². The molecule has 5 heteroatoms. The molecular weight excluding hydrogens is 254 g/mol. The molecule has 5 nitrogen and oxygen atoms in total. The van der Waals surface area contributed by atoms with Crippen molar-refractivity contribution in [3.05, 3.63) is 48.0 Å². The summed E-state index contributed by atoms with van der Waals surface area (Å²) in [4.78, 5) is 12.9. The second kappa shape index (κ2) is 5.52. The summed E-state index contributed by atoms with van der Waals surface area (Å²) in [6.45, 7) is 0. The highest BCUT2D eigenvalue weighted by Gasteiger charge is 2.09. The van der Waals surface area contributed by atoms with Crippen LogP contribution in [0.3, 0.4) is 0 Å². The second-order valence-electron chi connectivity index (χ2n) is 4.64. The van der Waals surface area contributed by atoms with Crippen LogP contribution in [-0.2, 0) is 0 Å². The van der Waals surface area contributed by atoms with Crippen molar-refractivity contribution in [2.75, 3.05) is 30.0 Å². The van der Waals surface area contributed by atoms with Gasteiger partial charge in [0.25, 0.3) is 0 Å². The number of aromatic carboxylic acids is 1. The lowest BCUT2D eigenvalue weighted by molar-refractivity contribution is 0.0698. The zero-order chi connectivity index (χ0) is 14.7. The van der Waals surface area contributed by atoms with Gasteiger partial charge in [-0.1, -0.05) is 12.1 Å². The van der Waals surface area contributed by atoms with E-state index in [-0.39, 0.29) is 11.3 Å². The molecule has 2 aromatic rings. The predicted molar refractivity (Wildman–Crippen MR) is 81.9 cm³/mol. The van der Waals surface area contributed by atoms with Crippen molar-refractivity contribution in [2.24, 2.45) is 0 Å². The maximum absolute atomic E-state index is 10.9. The molecule has 0 saturated heterocycles. The van der Waals surface area contributed by atoms with Crippen LogP contribution >= 0.6 is 0 Å². The molecule has 4 N–H and O–H groups in total. The quantitative estimate of drug-likeness (QED) is 0.745. The Kier molecular flexibility index (Phi) is 3.79. The first-order valence-corrected chi connectivity index (χ1v) is 6.15. The van der Waals surface area contributed by atoms with Crippen molar-refractivity contribution in [1.29, 1.82) is 0 Å². The van der Waals surface area contributed by atoms with Gasteiger partial charge in [0.1, 0.15) is 0 Å². The third-order valence-electron chi connectivity index (χ3n) is 2.95. The number of nitrogens with two attached hydrogens (primary N) is 1. The molecule has 2 rings (SSSR count). The fourth-order valence-electron chi connectivity index (χ4n) is 1.96. The summed E-state index contributed by atoms with van der Waals surface area (Å²) in [5.41, 5.74) is 8.81. The third kappa shape index (κ3) is 2.83. The molecule has 0 aromatic heterocycles. The van der Waals surface area contributed by atoms with Crippen molar-refractivity contribution in [1.82, 2.24) is 0 Å². The zero-order valence-corrected chi connectivity index (χ0v) is 11.4. The second-order valence-corrected chi connectivity index (χ2v) is 4.64. The van der Waals surface area contributed by atoms with Crippen LogP contribution in [-0.4, -0.2) is 25.2 Å². The number of para-hydroxylation sites is 2. The van der Waals surface area contributed by atoms with E-state index in [1.165, 1.54) is 6.07 Å². The van der Waals surface area contributed by atoms with Crippen LogP contribution in [0.4, 0.5) is 22.7 Å². The standard InChI is InChI=1S/C15H17N3O2/c1-18(2)14-6-4-3-5-13(14)17-10-7-8-11(15(19)20)12(16)9-10/h3-9,17H,16H2,1-2H3,(H,19,20). The molecule has 0 atom stereocenters. The summed E-state index contributed by atoms with van der Waals surface area (Å²) in [7, 11) is 3.92. The maximum atomic E-state index is 10.9. The van der Waals surface area contributed by atoms with Gasteiger partial charge in [-0.25, -0.2) is 4.79 Å². The highest BCUT2D eigenvalue weighted by molar-refractivity contribution is 5.94. The number of rotatable bonds is 4. The molecule has 0 aliphatic carbocycles. The molecule has 0 heterocycles. The van der Waals surface area contributed by atoms with E-state index in [9.17, 15) is 4.79 Å². The molecule has 0 saturated carbocycles. The molecular formula is C15H17N3O2. The fourth-order valence-corrected chi connectivity index (χ4v) is 1.96. The van der Waals surface area contributed by atoms with Crippen molar-refractivity contribution >= 4 is 28.7 Å². The fraction of sp³-hybridized carbons (Fsp3) is 0.133. The number of carboxylic acids is 1. The summed E-state index contributed by atoms with van der Waals surface area (Å²) in [6, 6.07) is 12.7. The molecule has 0 aliphatic heterocycles.